The molecule has 1 fully saturated rings. The minimum Gasteiger partial charge on any atom is -0.338 e. The van der Waals surface area contributed by atoms with Crippen molar-refractivity contribution < 1.29 is 4.79 Å². The van der Waals surface area contributed by atoms with Crippen molar-refractivity contribution in [3.05, 3.63) is 30.1 Å². The first-order chi connectivity index (χ1) is 9.28. The first-order valence-electron chi connectivity index (χ1n) is 6.94. The van der Waals surface area contributed by atoms with Crippen molar-refractivity contribution in [2.45, 2.75) is 32.4 Å². The van der Waals surface area contributed by atoms with E-state index in [9.17, 15) is 4.79 Å². The number of amides is 2. The Morgan fingerprint density at radius 1 is 1.42 bits per heavy atom. The van der Waals surface area contributed by atoms with E-state index in [-0.39, 0.29) is 6.03 Å². The van der Waals surface area contributed by atoms with Crippen LogP contribution >= 0.6 is 0 Å². The van der Waals surface area contributed by atoms with Gasteiger partial charge in [-0.25, -0.2) is 4.79 Å². The van der Waals surface area contributed by atoms with Gasteiger partial charge < -0.3 is 10.6 Å². The van der Waals surface area contributed by atoms with Crippen LogP contribution in [0.15, 0.2) is 24.4 Å². The number of rotatable bonds is 4. The SMILES string of the molecule is CCNC(=O)NC1CCN(Cc2ccccn2)CC1. The quantitative estimate of drug-likeness (QED) is 0.861. The van der Waals surface area contributed by atoms with E-state index in [1.165, 1.54) is 0 Å². The lowest BCUT2D eigenvalue weighted by molar-refractivity contribution is 0.185. The molecule has 19 heavy (non-hydrogen) atoms. The number of carbonyl (C=O) groups excluding carboxylic acids is 1. The predicted octanol–water partition coefficient (Wildman–Crippen LogP) is 1.37. The summed E-state index contributed by atoms with van der Waals surface area (Å²) in [7, 11) is 0. The van der Waals surface area contributed by atoms with Gasteiger partial charge in [0, 0.05) is 38.4 Å². The summed E-state index contributed by atoms with van der Waals surface area (Å²) in [5, 5.41) is 5.78. The molecule has 0 saturated carbocycles. The number of likely N-dealkylation sites (tertiary alicyclic amines) is 1. The van der Waals surface area contributed by atoms with E-state index < -0.39 is 0 Å². The van der Waals surface area contributed by atoms with Crippen LogP contribution < -0.4 is 10.6 Å². The molecule has 0 aliphatic carbocycles. The molecule has 0 bridgehead atoms. The second-order valence-corrected chi connectivity index (χ2v) is 4.88. The third kappa shape index (κ3) is 4.52. The topological polar surface area (TPSA) is 57.3 Å². The number of carbonyl (C=O) groups is 1. The first-order valence-corrected chi connectivity index (χ1v) is 6.94. The molecule has 0 aromatic carbocycles. The van der Waals surface area contributed by atoms with Gasteiger partial charge in [0.1, 0.15) is 0 Å². The molecule has 0 radical (unpaired) electrons. The van der Waals surface area contributed by atoms with Gasteiger partial charge in [-0.2, -0.15) is 0 Å². The van der Waals surface area contributed by atoms with E-state index in [0.29, 0.717) is 12.6 Å². The molecule has 2 amide bonds. The largest absolute Gasteiger partial charge is 0.338 e. The fraction of sp³-hybridized carbons (Fsp3) is 0.571. The summed E-state index contributed by atoms with van der Waals surface area (Å²) in [5.74, 6) is 0. The second-order valence-electron chi connectivity index (χ2n) is 4.88. The number of piperidine rings is 1. The van der Waals surface area contributed by atoms with Crippen LogP contribution in [-0.4, -0.2) is 41.6 Å². The molecule has 2 rings (SSSR count). The van der Waals surface area contributed by atoms with E-state index in [1.54, 1.807) is 0 Å². The Kier molecular flexibility index (Phi) is 5.15. The summed E-state index contributed by atoms with van der Waals surface area (Å²) in [6.07, 6.45) is 3.84. The van der Waals surface area contributed by atoms with Crippen LogP contribution in [0.4, 0.5) is 4.79 Å². The van der Waals surface area contributed by atoms with Gasteiger partial charge in [-0.15, -0.1) is 0 Å². The zero-order chi connectivity index (χ0) is 13.5. The molecule has 1 aromatic rings. The lowest BCUT2D eigenvalue weighted by atomic mass is 10.1. The standard InChI is InChI=1S/C14H22N4O/c1-2-15-14(19)17-12-6-9-18(10-7-12)11-13-5-3-4-8-16-13/h3-5,8,12H,2,6-7,9-11H2,1H3,(H2,15,17,19). The molecule has 5 heteroatoms. The lowest BCUT2D eigenvalue weighted by Gasteiger charge is -2.32. The molecule has 0 unspecified atom stereocenters. The molecule has 2 N–H and O–H groups in total. The Bertz CT molecular complexity index is 388. The number of aromatic nitrogens is 1. The Morgan fingerprint density at radius 3 is 2.84 bits per heavy atom. The highest BCUT2D eigenvalue weighted by Gasteiger charge is 2.20. The predicted molar refractivity (Wildman–Crippen MR) is 74.7 cm³/mol. The summed E-state index contributed by atoms with van der Waals surface area (Å²) >= 11 is 0. The minimum absolute atomic E-state index is 0.0503. The molecule has 0 atom stereocenters. The van der Waals surface area contributed by atoms with Gasteiger partial charge in [-0.05, 0) is 31.9 Å². The minimum atomic E-state index is -0.0503. The number of hydrogen-bond donors (Lipinski definition) is 2. The van der Waals surface area contributed by atoms with Gasteiger partial charge in [-0.1, -0.05) is 6.07 Å². The lowest BCUT2D eigenvalue weighted by Crippen LogP contribution is -2.47. The highest BCUT2D eigenvalue weighted by molar-refractivity contribution is 5.74. The maximum atomic E-state index is 11.4. The normalized spacial score (nSPS) is 17.1. The highest BCUT2D eigenvalue weighted by Crippen LogP contribution is 2.12. The van der Waals surface area contributed by atoms with Gasteiger partial charge in [-0.3, -0.25) is 9.88 Å². The molecular formula is C14H22N4O. The summed E-state index contributed by atoms with van der Waals surface area (Å²) in [6.45, 7) is 5.51. The molecule has 1 aliphatic heterocycles. The molecule has 0 spiro atoms. The van der Waals surface area contributed by atoms with Gasteiger partial charge in [0.05, 0.1) is 5.69 Å². The molecule has 104 valence electrons. The van der Waals surface area contributed by atoms with Crippen molar-refractivity contribution in [2.24, 2.45) is 0 Å². The van der Waals surface area contributed by atoms with Crippen LogP contribution in [0, 0.1) is 0 Å². The molecule has 1 aromatic heterocycles. The number of urea groups is 1. The van der Waals surface area contributed by atoms with Gasteiger partial charge in [0.15, 0.2) is 0 Å². The molecule has 5 nitrogen and oxygen atoms in total. The van der Waals surface area contributed by atoms with Crippen molar-refractivity contribution in [1.82, 2.24) is 20.5 Å². The Labute approximate surface area is 114 Å². The summed E-state index contributed by atoms with van der Waals surface area (Å²) in [4.78, 5) is 18.2. The maximum Gasteiger partial charge on any atom is 0.314 e. The van der Waals surface area contributed by atoms with E-state index in [0.717, 1.165) is 38.2 Å². The van der Waals surface area contributed by atoms with Crippen molar-refractivity contribution in [1.29, 1.82) is 0 Å². The number of hydrogen-bond acceptors (Lipinski definition) is 3. The average molecular weight is 262 g/mol. The third-order valence-electron chi connectivity index (χ3n) is 3.37. The maximum absolute atomic E-state index is 11.4. The van der Waals surface area contributed by atoms with Crippen LogP contribution in [0.25, 0.3) is 0 Å². The Balaban J connectivity index is 1.72. The number of nitrogens with zero attached hydrogens (tertiary/aromatic N) is 2. The van der Waals surface area contributed by atoms with Crippen LogP contribution in [0.3, 0.4) is 0 Å². The number of nitrogens with one attached hydrogen (secondary N) is 2. The Morgan fingerprint density at radius 2 is 2.21 bits per heavy atom. The average Bonchev–Trinajstić information content (AvgIpc) is 2.42. The first kappa shape index (κ1) is 13.8. The van der Waals surface area contributed by atoms with Crippen LogP contribution in [0.5, 0.6) is 0 Å². The van der Waals surface area contributed by atoms with Crippen molar-refractivity contribution >= 4 is 6.03 Å². The zero-order valence-electron chi connectivity index (χ0n) is 11.4. The molecule has 2 heterocycles. The monoisotopic (exact) mass is 262 g/mol. The zero-order valence-corrected chi connectivity index (χ0v) is 11.4. The van der Waals surface area contributed by atoms with E-state index in [4.69, 9.17) is 0 Å². The van der Waals surface area contributed by atoms with E-state index in [1.807, 2.05) is 25.3 Å². The summed E-state index contributed by atoms with van der Waals surface area (Å²) in [6, 6.07) is 6.26. The fourth-order valence-corrected chi connectivity index (χ4v) is 2.35. The van der Waals surface area contributed by atoms with Crippen LogP contribution in [0.1, 0.15) is 25.5 Å². The highest BCUT2D eigenvalue weighted by atomic mass is 16.2. The smallest absolute Gasteiger partial charge is 0.314 e. The summed E-state index contributed by atoms with van der Waals surface area (Å²) in [5.41, 5.74) is 1.11. The second kappa shape index (κ2) is 7.09. The van der Waals surface area contributed by atoms with Crippen LogP contribution in [-0.2, 0) is 6.54 Å². The van der Waals surface area contributed by atoms with Crippen molar-refractivity contribution in [3.63, 3.8) is 0 Å². The number of pyridine rings is 1. The van der Waals surface area contributed by atoms with Gasteiger partial charge in [0.25, 0.3) is 0 Å². The van der Waals surface area contributed by atoms with E-state index in [2.05, 4.69) is 26.6 Å². The van der Waals surface area contributed by atoms with Gasteiger partial charge in [0.2, 0.25) is 0 Å². The molecular weight excluding hydrogens is 240 g/mol. The van der Waals surface area contributed by atoms with Crippen LogP contribution in [0.2, 0.25) is 0 Å². The Hall–Kier alpha value is -1.62. The van der Waals surface area contributed by atoms with Crippen molar-refractivity contribution in [2.75, 3.05) is 19.6 Å². The fourth-order valence-electron chi connectivity index (χ4n) is 2.35. The van der Waals surface area contributed by atoms with E-state index >= 15 is 0 Å². The van der Waals surface area contributed by atoms with Crippen molar-refractivity contribution in [3.8, 4) is 0 Å². The van der Waals surface area contributed by atoms with Gasteiger partial charge >= 0.3 is 6.03 Å². The third-order valence-corrected chi connectivity index (χ3v) is 3.37. The molecule has 1 aliphatic rings. The molecule has 1 saturated heterocycles. The summed E-state index contributed by atoms with van der Waals surface area (Å²) < 4.78 is 0.